The zero-order valence-corrected chi connectivity index (χ0v) is 19.1. The van der Waals surface area contributed by atoms with E-state index >= 15 is 0 Å². The number of nitrogen functional groups attached to an aromatic ring is 1. The van der Waals surface area contributed by atoms with Crippen LogP contribution in [0.4, 0.5) is 5.69 Å². The van der Waals surface area contributed by atoms with Crippen molar-refractivity contribution in [2.24, 2.45) is 0 Å². The van der Waals surface area contributed by atoms with E-state index in [0.717, 1.165) is 5.69 Å². The van der Waals surface area contributed by atoms with Crippen LogP contribution in [-0.2, 0) is 14.6 Å². The van der Waals surface area contributed by atoms with Crippen LogP contribution >= 0.6 is 34.8 Å². The van der Waals surface area contributed by atoms with Crippen LogP contribution in [0.15, 0.2) is 6.07 Å². The van der Waals surface area contributed by atoms with Gasteiger partial charge in [-0.2, -0.15) is 0 Å². The van der Waals surface area contributed by atoms with Crippen molar-refractivity contribution in [3.8, 4) is 0 Å². The molecule has 30 heavy (non-hydrogen) atoms. The second-order valence-corrected chi connectivity index (χ2v) is 10.3. The molecule has 0 spiro atoms. The number of anilines is 1. The Morgan fingerprint density at radius 3 is 2.53 bits per heavy atom. The molecule has 0 aromatic carbocycles. The van der Waals surface area contributed by atoms with Crippen molar-refractivity contribution in [3.63, 3.8) is 0 Å². The molecule has 1 aliphatic heterocycles. The molecule has 3 heterocycles. The smallest absolute Gasteiger partial charge is 0.359 e. The third kappa shape index (κ3) is 4.30. The number of nitrogens with zero attached hydrogens (tertiary/aromatic N) is 2. The largest absolute Gasteiger partial charge is 0.453 e. The van der Waals surface area contributed by atoms with Gasteiger partial charge in [0.05, 0.1) is 22.2 Å². The lowest BCUT2D eigenvalue weighted by molar-refractivity contribution is 0.0469. The summed E-state index contributed by atoms with van der Waals surface area (Å²) in [5.41, 5.74) is 6.93. The number of halogens is 3. The quantitative estimate of drug-likeness (QED) is 0.384. The molecule has 0 aliphatic carbocycles. The highest BCUT2D eigenvalue weighted by atomic mass is 35.5. The van der Waals surface area contributed by atoms with Gasteiger partial charge in [-0.15, -0.1) is 0 Å². The molecule has 3 rings (SSSR count). The number of Topliss-reactive ketones (excluding diaryl/α,β-unsaturated/α-hetero) is 1. The van der Waals surface area contributed by atoms with E-state index in [0.29, 0.717) is 17.7 Å². The van der Waals surface area contributed by atoms with Crippen LogP contribution in [0.2, 0.25) is 15.2 Å². The lowest BCUT2D eigenvalue weighted by Crippen LogP contribution is -2.18. The molecule has 0 bridgehead atoms. The first kappa shape index (κ1) is 22.9. The van der Waals surface area contributed by atoms with Crippen molar-refractivity contribution >= 4 is 62.1 Å². The minimum Gasteiger partial charge on any atom is -0.453 e. The van der Waals surface area contributed by atoms with E-state index < -0.39 is 28.2 Å². The average molecular weight is 495 g/mol. The number of ether oxygens (including phenoxy) is 1. The van der Waals surface area contributed by atoms with Crippen molar-refractivity contribution in [3.05, 3.63) is 43.9 Å². The number of hydrogen-bond acceptors (Lipinski definition) is 7. The van der Waals surface area contributed by atoms with Gasteiger partial charge in [0.2, 0.25) is 5.78 Å². The molecule has 0 saturated carbocycles. The summed E-state index contributed by atoms with van der Waals surface area (Å²) in [5, 5.41) is -0.523. The number of nitrogens with two attached hydrogens (primary N) is 1. The van der Waals surface area contributed by atoms with Gasteiger partial charge in [-0.05, 0) is 26.3 Å². The van der Waals surface area contributed by atoms with Crippen LogP contribution in [0.3, 0.4) is 0 Å². The Balaban J connectivity index is 1.76. The normalized spacial score (nSPS) is 17.8. The summed E-state index contributed by atoms with van der Waals surface area (Å²) in [5.74, 6) is -1.27. The molecule has 0 amide bonds. The van der Waals surface area contributed by atoms with Crippen molar-refractivity contribution in [2.45, 2.75) is 26.3 Å². The minimum atomic E-state index is -3.08. The minimum absolute atomic E-state index is 0.0366. The maximum Gasteiger partial charge on any atom is 0.359 e. The van der Waals surface area contributed by atoms with E-state index in [1.807, 2.05) is 4.57 Å². The van der Waals surface area contributed by atoms with Gasteiger partial charge in [0.25, 0.3) is 0 Å². The SMILES string of the molecule is Cc1cc(C(=O)COC(=O)c2nc(Cl)c(Cl)c(N)c2Cl)c(C)n1C1CCS(=O)(=O)C1. The number of rotatable bonds is 5. The molecule has 1 saturated heterocycles. The lowest BCUT2D eigenvalue weighted by Gasteiger charge is -2.16. The number of pyridine rings is 1. The Bertz CT molecular complexity index is 1160. The van der Waals surface area contributed by atoms with Crippen LogP contribution in [0.5, 0.6) is 0 Å². The maximum atomic E-state index is 12.6. The van der Waals surface area contributed by atoms with E-state index in [-0.39, 0.29) is 44.1 Å². The number of hydrogen-bond donors (Lipinski definition) is 1. The molecule has 2 N–H and O–H groups in total. The first-order valence-corrected chi connectivity index (χ1v) is 11.8. The van der Waals surface area contributed by atoms with Crippen molar-refractivity contribution in [1.29, 1.82) is 0 Å². The molecule has 8 nitrogen and oxygen atoms in total. The molecular formula is C18H18Cl3N3O5S. The van der Waals surface area contributed by atoms with Gasteiger partial charge in [-0.25, -0.2) is 18.2 Å². The summed E-state index contributed by atoms with van der Waals surface area (Å²) in [6.07, 6.45) is 0.490. The number of esters is 1. The van der Waals surface area contributed by atoms with E-state index in [1.165, 1.54) is 0 Å². The van der Waals surface area contributed by atoms with E-state index in [4.69, 9.17) is 45.3 Å². The highest BCUT2D eigenvalue weighted by Crippen LogP contribution is 2.34. The second-order valence-electron chi connectivity index (χ2n) is 7.00. The van der Waals surface area contributed by atoms with Crippen molar-refractivity contribution in [1.82, 2.24) is 9.55 Å². The Kier molecular flexibility index (Phi) is 6.38. The Morgan fingerprint density at radius 1 is 1.27 bits per heavy atom. The summed E-state index contributed by atoms with van der Waals surface area (Å²) in [6, 6.07) is 1.43. The summed E-state index contributed by atoms with van der Waals surface area (Å²) >= 11 is 17.6. The molecule has 12 heteroatoms. The first-order valence-electron chi connectivity index (χ1n) is 8.82. The molecule has 1 aliphatic rings. The lowest BCUT2D eigenvalue weighted by atomic mass is 10.1. The summed E-state index contributed by atoms with van der Waals surface area (Å²) in [6.45, 7) is 2.96. The first-order chi connectivity index (χ1) is 13.9. The fourth-order valence-electron chi connectivity index (χ4n) is 3.54. The fraction of sp³-hybridized carbons (Fsp3) is 0.389. The standard InChI is InChI=1S/C18H18Cl3N3O5S/c1-8-5-11(9(2)24(8)10-3-4-30(27,28)7-10)12(25)6-29-18(26)16-13(19)15(22)14(20)17(21)23-16/h5,10H,3-4,6-7H2,1-2H3,(H2,22,23). The Hall–Kier alpha value is -1.81. The number of aryl methyl sites for hydroxylation is 1. The van der Waals surface area contributed by atoms with Crippen molar-refractivity contribution < 1.29 is 22.7 Å². The third-order valence-corrected chi connectivity index (χ3v) is 7.84. The highest BCUT2D eigenvalue weighted by Gasteiger charge is 2.32. The molecule has 1 fully saturated rings. The van der Waals surface area contributed by atoms with Gasteiger partial charge >= 0.3 is 5.97 Å². The molecule has 1 unspecified atom stereocenters. The van der Waals surface area contributed by atoms with E-state index in [2.05, 4.69) is 4.98 Å². The van der Waals surface area contributed by atoms with Gasteiger partial charge in [-0.1, -0.05) is 34.8 Å². The highest BCUT2D eigenvalue weighted by molar-refractivity contribution is 7.91. The monoisotopic (exact) mass is 493 g/mol. The van der Waals surface area contributed by atoms with E-state index in [1.54, 1.807) is 19.9 Å². The fourth-order valence-corrected chi connectivity index (χ4v) is 5.83. The second kappa shape index (κ2) is 8.37. The van der Waals surface area contributed by atoms with E-state index in [9.17, 15) is 18.0 Å². The van der Waals surface area contributed by atoms with Crippen LogP contribution in [0, 0.1) is 13.8 Å². The summed E-state index contributed by atoms with van der Waals surface area (Å²) in [4.78, 5) is 28.7. The number of carbonyl (C=O) groups excluding carboxylic acids is 2. The van der Waals surface area contributed by atoms with Gasteiger partial charge in [0, 0.05) is 23.0 Å². The predicted molar refractivity (Wildman–Crippen MR) is 115 cm³/mol. The molecule has 2 aromatic rings. The Labute approximate surface area is 188 Å². The topological polar surface area (TPSA) is 121 Å². The summed E-state index contributed by atoms with van der Waals surface area (Å²) < 4.78 is 30.5. The molecule has 1 atom stereocenters. The number of sulfone groups is 1. The van der Waals surface area contributed by atoms with Gasteiger partial charge in [0.15, 0.2) is 27.3 Å². The molecular weight excluding hydrogens is 477 g/mol. The Morgan fingerprint density at radius 2 is 1.93 bits per heavy atom. The number of carbonyl (C=O) groups is 2. The van der Waals surface area contributed by atoms with Crippen LogP contribution in [-0.4, -0.2) is 47.8 Å². The average Bonchev–Trinajstić information content (AvgIpc) is 3.18. The zero-order valence-electron chi connectivity index (χ0n) is 16.0. The molecule has 2 aromatic heterocycles. The van der Waals surface area contributed by atoms with Crippen molar-refractivity contribution in [2.75, 3.05) is 23.8 Å². The molecule has 162 valence electrons. The van der Waals surface area contributed by atoms with Crippen LogP contribution in [0.25, 0.3) is 0 Å². The number of aromatic nitrogens is 2. The third-order valence-electron chi connectivity index (χ3n) is 4.96. The van der Waals surface area contributed by atoms with Crippen LogP contribution in [0.1, 0.15) is 44.7 Å². The van der Waals surface area contributed by atoms with Gasteiger partial charge < -0.3 is 15.0 Å². The predicted octanol–water partition coefficient (Wildman–Crippen LogP) is 3.44. The van der Waals surface area contributed by atoms with Crippen LogP contribution < -0.4 is 5.73 Å². The number of ketones is 1. The summed E-state index contributed by atoms with van der Waals surface area (Å²) in [7, 11) is -3.08. The molecule has 0 radical (unpaired) electrons. The zero-order chi connectivity index (χ0) is 22.4. The van der Waals surface area contributed by atoms with Gasteiger partial charge in [-0.3, -0.25) is 4.79 Å². The van der Waals surface area contributed by atoms with Gasteiger partial charge in [0.1, 0.15) is 5.02 Å². The maximum absolute atomic E-state index is 12.6.